The van der Waals surface area contributed by atoms with Crippen LogP contribution in [0.3, 0.4) is 0 Å². The molecular weight excluding hydrogens is 625 g/mol. The lowest BCUT2D eigenvalue weighted by molar-refractivity contribution is -0.251. The van der Waals surface area contributed by atoms with Gasteiger partial charge in [0.15, 0.2) is 36.1 Å². The van der Waals surface area contributed by atoms with Gasteiger partial charge < -0.3 is 28.2 Å². The molecule has 2 saturated heterocycles. The quantitative estimate of drug-likeness (QED) is 0.195. The summed E-state index contributed by atoms with van der Waals surface area (Å²) in [5.74, 6) is -3.33. The third-order valence-corrected chi connectivity index (χ3v) is 9.89. The van der Waals surface area contributed by atoms with E-state index in [1.165, 1.54) is 11.9 Å². The van der Waals surface area contributed by atoms with E-state index in [0.29, 0.717) is 18.3 Å². The first-order valence-electron chi connectivity index (χ1n) is 13.3. The first-order chi connectivity index (χ1) is 20.3. The summed E-state index contributed by atoms with van der Waals surface area (Å²) in [5, 5.41) is 5.02. The molecule has 0 bridgehead atoms. The summed E-state index contributed by atoms with van der Waals surface area (Å²) in [4.78, 5) is 65.5. The van der Waals surface area contributed by atoms with Crippen molar-refractivity contribution in [2.45, 2.75) is 71.7 Å². The molecule has 236 valence electrons. The van der Waals surface area contributed by atoms with Gasteiger partial charge in [0, 0.05) is 33.0 Å². The number of esters is 4. The summed E-state index contributed by atoms with van der Waals surface area (Å²) in [6, 6.07) is 9.04. The molecule has 0 radical (unpaired) electrons. The smallest absolute Gasteiger partial charge is 0.303 e. The molecule has 2 heterocycles. The number of hydrogen-bond donors (Lipinski definition) is 1. The fourth-order valence-corrected chi connectivity index (χ4v) is 7.64. The van der Waals surface area contributed by atoms with Crippen LogP contribution in [-0.2, 0) is 64.0 Å². The molecule has 17 heteroatoms. The van der Waals surface area contributed by atoms with Crippen molar-refractivity contribution in [2.75, 3.05) is 19.0 Å². The Morgan fingerprint density at radius 1 is 1.00 bits per heavy atom. The van der Waals surface area contributed by atoms with Crippen LogP contribution in [-0.4, -0.2) is 89.6 Å². The van der Waals surface area contributed by atoms with Gasteiger partial charge >= 0.3 is 23.9 Å². The van der Waals surface area contributed by atoms with E-state index in [1.54, 1.807) is 24.3 Å². The number of nitrogens with one attached hydrogen (secondary N) is 1. The van der Waals surface area contributed by atoms with Crippen LogP contribution < -0.4 is 10.5 Å². The van der Waals surface area contributed by atoms with Gasteiger partial charge in [0.05, 0.1) is 12.4 Å². The van der Waals surface area contributed by atoms with Crippen molar-refractivity contribution in [2.24, 2.45) is 4.99 Å². The van der Waals surface area contributed by atoms with Crippen molar-refractivity contribution in [3.63, 3.8) is 0 Å². The van der Waals surface area contributed by atoms with Gasteiger partial charge in [-0.3, -0.25) is 24.0 Å². The highest BCUT2D eigenvalue weighted by Gasteiger charge is 2.53. The fourth-order valence-electron chi connectivity index (χ4n) is 4.11. The van der Waals surface area contributed by atoms with Crippen LogP contribution in [0.25, 0.3) is 0 Å². The zero-order valence-electron chi connectivity index (χ0n) is 24.3. The topological polar surface area (TPSA) is 168 Å². The summed E-state index contributed by atoms with van der Waals surface area (Å²) >= 11 is 6.98. The number of benzene rings is 1. The molecule has 1 unspecified atom stereocenters. The van der Waals surface area contributed by atoms with Gasteiger partial charge in [-0.05, 0) is 18.2 Å². The minimum Gasteiger partial charge on any atom is -0.463 e. The maximum absolute atomic E-state index is 13.1. The Labute approximate surface area is 258 Å². The van der Waals surface area contributed by atoms with E-state index in [9.17, 15) is 24.0 Å². The number of amides is 1. The van der Waals surface area contributed by atoms with Crippen molar-refractivity contribution in [1.82, 2.24) is 10.2 Å². The lowest BCUT2D eigenvalue weighted by Gasteiger charge is -2.43. The lowest BCUT2D eigenvalue weighted by Crippen LogP contribution is -2.62. The predicted octanol–water partition coefficient (Wildman–Crippen LogP) is 1.57. The van der Waals surface area contributed by atoms with Gasteiger partial charge in [0.1, 0.15) is 12.7 Å². The molecule has 0 spiro atoms. The molecule has 1 N–H and O–H groups in total. The number of hydrazine groups is 1. The van der Waals surface area contributed by atoms with Gasteiger partial charge in [-0.15, -0.1) is 0 Å². The number of amidine groups is 1. The van der Waals surface area contributed by atoms with Crippen LogP contribution >= 0.6 is 18.2 Å². The average molecular weight is 660 g/mol. The predicted molar refractivity (Wildman–Crippen MR) is 158 cm³/mol. The van der Waals surface area contributed by atoms with Crippen molar-refractivity contribution in [3.8, 4) is 0 Å². The Balaban J connectivity index is 2.05. The highest BCUT2D eigenvalue weighted by molar-refractivity contribution is 8.16. The molecule has 0 aliphatic carbocycles. The number of nitrogens with zero attached hydrogens (tertiary/aromatic N) is 2. The van der Waals surface area contributed by atoms with Crippen LogP contribution in [0.1, 0.15) is 41.0 Å². The average Bonchev–Trinajstić information content (AvgIpc) is 3.27. The molecule has 1 amide bonds. The number of carbonyl (C=O) groups excluding carboxylic acids is 5. The van der Waals surface area contributed by atoms with Crippen LogP contribution in [0.2, 0.25) is 0 Å². The van der Waals surface area contributed by atoms with E-state index in [-0.39, 0.29) is 16.8 Å². The number of aliphatic imine (C=N–C) groups is 1. The standard InChI is InChI=1S/C26H34N3O11PS2/c1-6-12-36-41(42,19-10-8-7-9-11-19)28-29-21(34)14-43-26(29)27-25-24(39-18(5)33)23(38-17(4)32)22(37-16(3)31)20(40-25)13-35-15(2)30/h7-11,20,22-25H,6,12-14H2,1-5H3,(H,28,42)/t20-,22-,23+,24-,25-,41?/m1/s1. The van der Waals surface area contributed by atoms with Crippen molar-refractivity contribution in [1.29, 1.82) is 0 Å². The summed E-state index contributed by atoms with van der Waals surface area (Å²) in [5.41, 5.74) is 0. The second-order valence-electron chi connectivity index (χ2n) is 9.34. The van der Waals surface area contributed by atoms with Gasteiger partial charge in [-0.25, -0.2) is 10.0 Å². The molecule has 14 nitrogen and oxygen atoms in total. The summed E-state index contributed by atoms with van der Waals surface area (Å²) in [6.07, 6.45) is -9.07. The molecule has 2 aliphatic heterocycles. The summed E-state index contributed by atoms with van der Waals surface area (Å²) in [6.45, 7) is 6.41. The van der Waals surface area contributed by atoms with Crippen molar-refractivity contribution < 1.29 is 52.2 Å². The van der Waals surface area contributed by atoms with E-state index < -0.39 is 67.5 Å². The second kappa shape index (κ2) is 15.7. The lowest BCUT2D eigenvalue weighted by atomic mass is 9.97. The highest BCUT2D eigenvalue weighted by Crippen LogP contribution is 2.43. The molecule has 2 fully saturated rings. The Hall–Kier alpha value is -2.88. The van der Waals surface area contributed by atoms with E-state index in [1.807, 2.05) is 13.0 Å². The number of hydrogen-bond acceptors (Lipinski definition) is 14. The largest absolute Gasteiger partial charge is 0.463 e. The first-order valence-corrected chi connectivity index (χ1v) is 17.0. The Morgan fingerprint density at radius 2 is 1.60 bits per heavy atom. The number of carbonyl (C=O) groups is 5. The number of thioether (sulfide) groups is 1. The number of rotatable bonds is 12. The van der Waals surface area contributed by atoms with Crippen LogP contribution in [0.5, 0.6) is 0 Å². The van der Waals surface area contributed by atoms with Gasteiger partial charge in [0.2, 0.25) is 0 Å². The Kier molecular flexibility index (Phi) is 12.7. The van der Waals surface area contributed by atoms with E-state index in [4.69, 9.17) is 40.0 Å². The minimum absolute atomic E-state index is 0.00495. The molecule has 43 heavy (non-hydrogen) atoms. The number of ether oxygens (including phenoxy) is 5. The Morgan fingerprint density at radius 3 is 2.19 bits per heavy atom. The molecule has 0 saturated carbocycles. The third kappa shape index (κ3) is 9.55. The van der Waals surface area contributed by atoms with Crippen molar-refractivity contribution >= 4 is 70.2 Å². The minimum atomic E-state index is -3.01. The first kappa shape index (κ1) is 34.6. The second-order valence-corrected chi connectivity index (χ2v) is 13.9. The summed E-state index contributed by atoms with van der Waals surface area (Å²) < 4.78 is 33.6. The third-order valence-electron chi connectivity index (χ3n) is 5.77. The fraction of sp³-hybridized carbons (Fsp3) is 0.538. The highest BCUT2D eigenvalue weighted by atomic mass is 32.4. The van der Waals surface area contributed by atoms with Crippen molar-refractivity contribution in [3.05, 3.63) is 30.3 Å². The van der Waals surface area contributed by atoms with Crippen LogP contribution in [0.4, 0.5) is 0 Å². The van der Waals surface area contributed by atoms with E-state index in [2.05, 4.69) is 10.2 Å². The van der Waals surface area contributed by atoms with Gasteiger partial charge in [-0.1, -0.05) is 49.0 Å². The zero-order chi connectivity index (χ0) is 31.7. The maximum atomic E-state index is 13.1. The molecule has 1 aromatic rings. The molecule has 0 aromatic heterocycles. The molecule has 2 aliphatic rings. The SMILES string of the molecule is CCCOP(=S)(NN1C(=O)CSC1=N[C@@H]1O[C@H](COC(C)=O)[C@@H](OC(C)=O)[C@H](OC(C)=O)[C@H]1OC(C)=O)c1ccccc1. The van der Waals surface area contributed by atoms with E-state index >= 15 is 0 Å². The Bertz CT molecular complexity index is 1280. The van der Waals surface area contributed by atoms with Crippen LogP contribution in [0, 0.1) is 0 Å². The molecule has 3 rings (SSSR count). The van der Waals surface area contributed by atoms with Gasteiger partial charge in [0.25, 0.3) is 5.91 Å². The van der Waals surface area contributed by atoms with Crippen LogP contribution in [0.15, 0.2) is 35.3 Å². The molecule has 6 atom stereocenters. The molecule has 1 aromatic carbocycles. The normalized spacial score (nSPS) is 26.0. The molecular formula is C26H34N3O11PS2. The summed E-state index contributed by atoms with van der Waals surface area (Å²) in [7, 11) is 0. The monoisotopic (exact) mass is 659 g/mol. The zero-order valence-corrected chi connectivity index (χ0v) is 26.8. The van der Waals surface area contributed by atoms with Gasteiger partial charge in [-0.2, -0.15) is 5.20 Å². The van der Waals surface area contributed by atoms with E-state index in [0.717, 1.165) is 32.5 Å². The maximum Gasteiger partial charge on any atom is 0.303 e.